The third kappa shape index (κ3) is 2.46. The van der Waals surface area contributed by atoms with Crippen LogP contribution in [0.2, 0.25) is 0 Å². The van der Waals surface area contributed by atoms with Crippen LogP contribution in [0.15, 0.2) is 12.7 Å². The Bertz CT molecular complexity index is 866. The number of nitrogens with zero attached hydrogens (tertiary/aromatic N) is 4. The van der Waals surface area contributed by atoms with E-state index < -0.39 is 61.7 Å². The van der Waals surface area contributed by atoms with Crippen molar-refractivity contribution in [1.82, 2.24) is 19.5 Å². The van der Waals surface area contributed by atoms with Crippen LogP contribution in [0.3, 0.4) is 0 Å². The molecule has 0 aromatic carbocycles. The molecule has 0 aliphatic carbocycles. The van der Waals surface area contributed by atoms with Crippen LogP contribution in [0.1, 0.15) is 0 Å². The fourth-order valence-corrected chi connectivity index (χ4v) is 3.90. The van der Waals surface area contributed by atoms with Crippen molar-refractivity contribution in [3.63, 3.8) is 0 Å². The van der Waals surface area contributed by atoms with E-state index in [1.807, 2.05) is 0 Å². The van der Waals surface area contributed by atoms with Gasteiger partial charge in [-0.1, -0.05) is 0 Å². The van der Waals surface area contributed by atoms with Crippen LogP contribution in [0, 0.1) is 0 Å². The average molecular weight is 399 g/mol. The van der Waals surface area contributed by atoms with Crippen molar-refractivity contribution in [1.29, 1.82) is 0 Å². The van der Waals surface area contributed by atoms with E-state index in [2.05, 4.69) is 15.0 Å². The molecule has 0 spiro atoms. The molecule has 2 aromatic rings. The molecule has 0 amide bonds. The first kappa shape index (κ1) is 19.4. The molecule has 4 heterocycles. The van der Waals surface area contributed by atoms with Crippen LogP contribution in [0.5, 0.6) is 0 Å². The van der Waals surface area contributed by atoms with Gasteiger partial charge in [0, 0.05) is 0 Å². The summed E-state index contributed by atoms with van der Waals surface area (Å²) in [4.78, 5) is 12.0. The number of fused-ring (bicyclic) bond motifs is 1. The fourth-order valence-electron chi connectivity index (χ4n) is 3.90. The second kappa shape index (κ2) is 6.82. The second-order valence-corrected chi connectivity index (χ2v) is 6.83. The van der Waals surface area contributed by atoms with Crippen LogP contribution >= 0.6 is 0 Å². The Hall–Kier alpha value is -1.97. The van der Waals surface area contributed by atoms with Crippen LogP contribution in [0.4, 0.5) is 5.82 Å². The molecular formula is C15H21N5O8. The Morgan fingerprint density at radius 1 is 1.00 bits per heavy atom. The minimum absolute atomic E-state index is 0.0480. The highest BCUT2D eigenvalue weighted by atomic mass is 16.6. The first-order valence-electron chi connectivity index (χ1n) is 8.58. The smallest absolute Gasteiger partial charge is 0.205 e. The quantitative estimate of drug-likeness (QED) is 0.260. The summed E-state index contributed by atoms with van der Waals surface area (Å²) >= 11 is 0. The number of aromatic nitrogens is 4. The van der Waals surface area contributed by atoms with E-state index in [-0.39, 0.29) is 17.0 Å². The van der Waals surface area contributed by atoms with E-state index in [1.54, 1.807) is 0 Å². The fraction of sp³-hybridized carbons (Fsp3) is 0.667. The third-order valence-corrected chi connectivity index (χ3v) is 5.34. The topological polar surface area (TPSA) is 209 Å². The predicted molar refractivity (Wildman–Crippen MR) is 89.4 cm³/mol. The lowest BCUT2D eigenvalue weighted by Gasteiger charge is -2.39. The van der Waals surface area contributed by atoms with Gasteiger partial charge in [0.2, 0.25) is 5.72 Å². The molecular weight excluding hydrogens is 378 g/mol. The van der Waals surface area contributed by atoms with Gasteiger partial charge in [-0.3, -0.25) is 4.57 Å². The first-order chi connectivity index (χ1) is 13.4. The lowest BCUT2D eigenvalue weighted by Crippen LogP contribution is -2.58. The van der Waals surface area contributed by atoms with E-state index in [0.717, 1.165) is 6.33 Å². The number of imidazole rings is 1. The predicted octanol–water partition coefficient (Wildman–Crippen LogP) is -4.34. The summed E-state index contributed by atoms with van der Waals surface area (Å²) in [5, 5.41) is 61.0. The van der Waals surface area contributed by atoms with Crippen molar-refractivity contribution in [3.05, 3.63) is 12.7 Å². The van der Waals surface area contributed by atoms with Gasteiger partial charge in [0.15, 0.2) is 11.5 Å². The highest BCUT2D eigenvalue weighted by Gasteiger charge is 2.65. The van der Waals surface area contributed by atoms with Gasteiger partial charge in [-0.05, 0) is 0 Å². The van der Waals surface area contributed by atoms with E-state index >= 15 is 0 Å². The van der Waals surface area contributed by atoms with E-state index in [9.17, 15) is 30.6 Å². The first-order valence-corrected chi connectivity index (χ1v) is 8.58. The van der Waals surface area contributed by atoms with E-state index in [0.29, 0.717) is 0 Å². The molecule has 2 saturated heterocycles. The van der Waals surface area contributed by atoms with Crippen molar-refractivity contribution in [3.8, 4) is 0 Å². The number of nitrogen functional groups attached to an aromatic ring is 1. The molecule has 4 rings (SSSR count). The third-order valence-electron chi connectivity index (χ3n) is 5.34. The zero-order valence-electron chi connectivity index (χ0n) is 14.5. The van der Waals surface area contributed by atoms with E-state index in [1.165, 1.54) is 10.9 Å². The van der Waals surface area contributed by atoms with Crippen LogP contribution in [0.25, 0.3) is 11.2 Å². The lowest BCUT2D eigenvalue weighted by atomic mass is 9.92. The van der Waals surface area contributed by atoms with Gasteiger partial charge < -0.3 is 45.8 Å². The molecule has 28 heavy (non-hydrogen) atoms. The standard InChI is InChI=1S/C15H21N5O8/c16-13-7-14(18-3-17-13)20(4-19-7)15(11(26)9(24)6(2-22)28-15)12-10(25)8(23)5(1-21)27-12/h3-6,8-12,21-26H,1-2H2,(H2,16,17,18)/t5-,6-,8-,9-,10+,11-,12?,15+/m1/s1. The molecule has 154 valence electrons. The molecule has 8 N–H and O–H groups in total. The van der Waals surface area contributed by atoms with Crippen molar-refractivity contribution in [2.45, 2.75) is 48.5 Å². The zero-order chi connectivity index (χ0) is 20.2. The maximum Gasteiger partial charge on any atom is 0.205 e. The molecule has 2 fully saturated rings. The van der Waals surface area contributed by atoms with Crippen LogP contribution in [-0.2, 0) is 15.2 Å². The molecule has 2 aliphatic heterocycles. The highest BCUT2D eigenvalue weighted by molar-refractivity contribution is 5.81. The maximum atomic E-state index is 10.9. The molecule has 2 aromatic heterocycles. The van der Waals surface area contributed by atoms with Gasteiger partial charge in [0.1, 0.15) is 54.6 Å². The Labute approximate surface area is 157 Å². The normalized spacial score (nSPS) is 41.1. The van der Waals surface area contributed by atoms with Gasteiger partial charge in [-0.2, -0.15) is 0 Å². The molecule has 13 heteroatoms. The largest absolute Gasteiger partial charge is 0.394 e. The minimum Gasteiger partial charge on any atom is -0.394 e. The summed E-state index contributed by atoms with van der Waals surface area (Å²) in [5.41, 5.74) is 4.04. The number of rotatable bonds is 4. The summed E-state index contributed by atoms with van der Waals surface area (Å²) in [6.07, 6.45) is -7.84. The van der Waals surface area contributed by atoms with Gasteiger partial charge >= 0.3 is 0 Å². The van der Waals surface area contributed by atoms with Crippen LogP contribution < -0.4 is 5.73 Å². The Balaban J connectivity index is 1.92. The van der Waals surface area contributed by atoms with Gasteiger partial charge in [0.05, 0.1) is 19.5 Å². The zero-order valence-corrected chi connectivity index (χ0v) is 14.5. The molecule has 0 radical (unpaired) electrons. The summed E-state index contributed by atoms with van der Waals surface area (Å²) in [6.45, 7) is -1.24. The van der Waals surface area contributed by atoms with Crippen LogP contribution in [-0.4, -0.2) is 106 Å². The van der Waals surface area contributed by atoms with Crippen molar-refractivity contribution < 1.29 is 40.1 Å². The van der Waals surface area contributed by atoms with E-state index in [4.69, 9.17) is 15.2 Å². The van der Waals surface area contributed by atoms with Crippen molar-refractivity contribution in [2.24, 2.45) is 0 Å². The number of ether oxygens (including phenoxy) is 2. The van der Waals surface area contributed by atoms with Crippen molar-refractivity contribution >= 4 is 17.0 Å². The monoisotopic (exact) mass is 399 g/mol. The lowest BCUT2D eigenvalue weighted by molar-refractivity contribution is -0.231. The second-order valence-electron chi connectivity index (χ2n) is 6.83. The summed E-state index contributed by atoms with van der Waals surface area (Å²) in [6, 6.07) is 0. The highest BCUT2D eigenvalue weighted by Crippen LogP contribution is 2.45. The molecule has 1 unspecified atom stereocenters. The van der Waals surface area contributed by atoms with Gasteiger partial charge in [0.25, 0.3) is 0 Å². The minimum atomic E-state index is -2.04. The number of hydrogen-bond acceptors (Lipinski definition) is 12. The number of aliphatic hydroxyl groups excluding tert-OH is 6. The molecule has 0 saturated carbocycles. The Kier molecular flexibility index (Phi) is 4.71. The Morgan fingerprint density at radius 2 is 1.71 bits per heavy atom. The maximum absolute atomic E-state index is 10.9. The number of aliphatic hydroxyl groups is 6. The van der Waals surface area contributed by atoms with Gasteiger partial charge in [-0.15, -0.1) is 0 Å². The molecule has 13 nitrogen and oxygen atoms in total. The number of nitrogens with two attached hydrogens (primary N) is 1. The summed E-state index contributed by atoms with van der Waals surface area (Å²) < 4.78 is 12.6. The summed E-state index contributed by atoms with van der Waals surface area (Å²) in [7, 11) is 0. The van der Waals surface area contributed by atoms with Gasteiger partial charge in [-0.25, -0.2) is 15.0 Å². The molecule has 8 atom stereocenters. The van der Waals surface area contributed by atoms with Crippen molar-refractivity contribution in [2.75, 3.05) is 18.9 Å². The summed E-state index contributed by atoms with van der Waals surface area (Å²) in [5.74, 6) is 0.0480. The Morgan fingerprint density at radius 3 is 2.32 bits per heavy atom. The molecule has 2 aliphatic rings. The molecule has 0 bridgehead atoms. The SMILES string of the molecule is Nc1ncnc2c1ncn2[C@]1(C2O[C@H](CO)[C@@H](O)[C@@H]2O)O[C@H](CO)[C@@H](O)[C@H]1O. The average Bonchev–Trinajstić information content (AvgIpc) is 3.32. The number of hydrogen-bond donors (Lipinski definition) is 7. The number of anilines is 1.